The lowest BCUT2D eigenvalue weighted by Gasteiger charge is -2.39. The molecule has 0 aromatic rings. The van der Waals surface area contributed by atoms with Crippen LogP contribution in [0, 0.1) is 10.8 Å². The maximum Gasteiger partial charge on any atom is 0.0606 e. The minimum absolute atomic E-state index is 0.0114. The van der Waals surface area contributed by atoms with Gasteiger partial charge in [-0.15, -0.1) is 0 Å². The molecule has 2 unspecified atom stereocenters. The Morgan fingerprint density at radius 2 is 1.41 bits per heavy atom. The van der Waals surface area contributed by atoms with Crippen molar-refractivity contribution in [2.24, 2.45) is 10.8 Å². The van der Waals surface area contributed by atoms with Gasteiger partial charge < -0.3 is 10.4 Å². The molecule has 0 aliphatic heterocycles. The molecule has 0 aliphatic carbocycles. The number of aliphatic hydroxyl groups excluding tert-OH is 1. The summed E-state index contributed by atoms with van der Waals surface area (Å²) >= 11 is 0. The SMILES string of the molecule is CCNC(CC(O)C(C)(C)CC)C(C)(C)CC. The fraction of sp³-hybridized carbons (Fsp3) is 1.00. The third-order valence-electron chi connectivity index (χ3n) is 4.58. The van der Waals surface area contributed by atoms with E-state index in [4.69, 9.17) is 0 Å². The van der Waals surface area contributed by atoms with E-state index in [0.717, 1.165) is 25.8 Å². The minimum atomic E-state index is -0.234. The van der Waals surface area contributed by atoms with E-state index in [9.17, 15) is 5.11 Å². The summed E-state index contributed by atoms with van der Waals surface area (Å²) in [7, 11) is 0. The fourth-order valence-corrected chi connectivity index (χ4v) is 1.95. The molecule has 0 saturated carbocycles. The average molecular weight is 243 g/mol. The molecule has 0 aromatic carbocycles. The Kier molecular flexibility index (Phi) is 6.71. The second-order valence-electron chi connectivity index (χ2n) is 6.55. The summed E-state index contributed by atoms with van der Waals surface area (Å²) in [4.78, 5) is 0. The molecule has 17 heavy (non-hydrogen) atoms. The molecule has 2 heteroatoms. The zero-order valence-electron chi connectivity index (χ0n) is 12.9. The molecule has 0 rings (SSSR count). The van der Waals surface area contributed by atoms with Crippen LogP contribution in [0.5, 0.6) is 0 Å². The Morgan fingerprint density at radius 1 is 0.941 bits per heavy atom. The predicted molar refractivity (Wildman–Crippen MR) is 76.2 cm³/mol. The highest BCUT2D eigenvalue weighted by Gasteiger charge is 2.33. The van der Waals surface area contributed by atoms with Crippen molar-refractivity contribution in [3.63, 3.8) is 0 Å². The number of nitrogens with one attached hydrogen (secondary N) is 1. The molecule has 0 amide bonds. The van der Waals surface area contributed by atoms with Gasteiger partial charge in [-0.25, -0.2) is 0 Å². The van der Waals surface area contributed by atoms with Crippen molar-refractivity contribution in [3.05, 3.63) is 0 Å². The molecule has 0 radical (unpaired) electrons. The van der Waals surface area contributed by atoms with Gasteiger partial charge in [0.1, 0.15) is 0 Å². The molecule has 0 heterocycles. The van der Waals surface area contributed by atoms with Crippen LogP contribution in [0.1, 0.15) is 67.7 Å². The molecule has 2 atom stereocenters. The summed E-state index contributed by atoms with van der Waals surface area (Å²) in [5.41, 5.74) is 0.248. The minimum Gasteiger partial charge on any atom is -0.393 e. The zero-order chi connectivity index (χ0) is 13.7. The third kappa shape index (κ3) is 4.97. The highest BCUT2D eigenvalue weighted by atomic mass is 16.3. The van der Waals surface area contributed by atoms with Gasteiger partial charge in [-0.1, -0.05) is 48.5 Å². The van der Waals surface area contributed by atoms with Gasteiger partial charge >= 0.3 is 0 Å². The van der Waals surface area contributed by atoms with Crippen LogP contribution in [0.2, 0.25) is 0 Å². The zero-order valence-corrected chi connectivity index (χ0v) is 12.9. The summed E-state index contributed by atoms with van der Waals surface area (Å²) in [6.45, 7) is 16.3. The van der Waals surface area contributed by atoms with Crippen molar-refractivity contribution in [1.82, 2.24) is 5.32 Å². The van der Waals surface area contributed by atoms with Gasteiger partial charge in [-0.3, -0.25) is 0 Å². The van der Waals surface area contributed by atoms with Crippen LogP contribution in [-0.4, -0.2) is 23.8 Å². The standard InChI is InChI=1S/C15H33NO/c1-8-14(4,5)12(16-10-3)11-13(17)15(6,7)9-2/h12-13,16-17H,8-11H2,1-7H3. The molecule has 0 aromatic heterocycles. The van der Waals surface area contributed by atoms with Crippen LogP contribution in [0.15, 0.2) is 0 Å². The lowest BCUT2D eigenvalue weighted by molar-refractivity contribution is 0.0176. The first-order chi connectivity index (χ1) is 7.71. The van der Waals surface area contributed by atoms with Gasteiger partial charge in [0, 0.05) is 6.04 Å². The van der Waals surface area contributed by atoms with Gasteiger partial charge in [-0.05, 0) is 36.6 Å². The number of aliphatic hydroxyl groups is 1. The Morgan fingerprint density at radius 3 is 1.76 bits per heavy atom. The summed E-state index contributed by atoms with van der Waals surface area (Å²) in [5.74, 6) is 0. The van der Waals surface area contributed by atoms with Gasteiger partial charge in [0.25, 0.3) is 0 Å². The summed E-state index contributed by atoms with van der Waals surface area (Å²) < 4.78 is 0. The maximum atomic E-state index is 10.4. The Bertz CT molecular complexity index is 211. The quantitative estimate of drug-likeness (QED) is 0.683. The molecule has 0 spiro atoms. The van der Waals surface area contributed by atoms with E-state index in [1.807, 2.05) is 0 Å². The third-order valence-corrected chi connectivity index (χ3v) is 4.58. The van der Waals surface area contributed by atoms with Crippen molar-refractivity contribution in [2.45, 2.75) is 79.9 Å². The fourth-order valence-electron chi connectivity index (χ4n) is 1.95. The molecule has 0 fully saturated rings. The van der Waals surface area contributed by atoms with Crippen molar-refractivity contribution < 1.29 is 5.11 Å². The van der Waals surface area contributed by atoms with E-state index in [1.165, 1.54) is 0 Å². The van der Waals surface area contributed by atoms with Crippen LogP contribution in [0.4, 0.5) is 0 Å². The van der Waals surface area contributed by atoms with E-state index in [-0.39, 0.29) is 16.9 Å². The molecule has 104 valence electrons. The molecule has 0 bridgehead atoms. The summed E-state index contributed by atoms with van der Waals surface area (Å²) in [6, 6.07) is 0.387. The maximum absolute atomic E-state index is 10.4. The van der Waals surface area contributed by atoms with E-state index in [1.54, 1.807) is 0 Å². The van der Waals surface area contributed by atoms with E-state index in [0.29, 0.717) is 6.04 Å². The average Bonchev–Trinajstić information content (AvgIpc) is 2.28. The lowest BCUT2D eigenvalue weighted by Crippen LogP contribution is -2.46. The van der Waals surface area contributed by atoms with E-state index >= 15 is 0 Å². The first-order valence-electron chi connectivity index (χ1n) is 7.12. The van der Waals surface area contributed by atoms with Crippen LogP contribution >= 0.6 is 0 Å². The van der Waals surface area contributed by atoms with Crippen molar-refractivity contribution in [1.29, 1.82) is 0 Å². The van der Waals surface area contributed by atoms with Crippen molar-refractivity contribution >= 4 is 0 Å². The van der Waals surface area contributed by atoms with E-state index < -0.39 is 0 Å². The smallest absolute Gasteiger partial charge is 0.0606 e. The Balaban J connectivity index is 4.66. The highest BCUT2D eigenvalue weighted by Crippen LogP contribution is 2.33. The molecule has 2 nitrogen and oxygen atoms in total. The molecule has 2 N–H and O–H groups in total. The predicted octanol–water partition coefficient (Wildman–Crippen LogP) is 3.59. The van der Waals surface area contributed by atoms with Crippen molar-refractivity contribution in [3.8, 4) is 0 Å². The second kappa shape index (κ2) is 6.75. The normalized spacial score (nSPS) is 16.9. The molecular weight excluding hydrogens is 210 g/mol. The number of hydrogen-bond donors (Lipinski definition) is 2. The monoisotopic (exact) mass is 243 g/mol. The van der Waals surface area contributed by atoms with Crippen molar-refractivity contribution in [2.75, 3.05) is 6.54 Å². The van der Waals surface area contributed by atoms with Crippen LogP contribution in [-0.2, 0) is 0 Å². The Hall–Kier alpha value is -0.0800. The molecule has 0 saturated heterocycles. The van der Waals surface area contributed by atoms with Gasteiger partial charge in [0.05, 0.1) is 6.10 Å². The molecule has 0 aliphatic rings. The van der Waals surface area contributed by atoms with Gasteiger partial charge in [-0.2, -0.15) is 0 Å². The van der Waals surface area contributed by atoms with E-state index in [2.05, 4.69) is 53.8 Å². The molecular formula is C15H33NO. The highest BCUT2D eigenvalue weighted by molar-refractivity contribution is 4.88. The number of hydrogen-bond acceptors (Lipinski definition) is 2. The Labute approximate surface area is 108 Å². The first kappa shape index (κ1) is 16.9. The summed E-state index contributed by atoms with van der Waals surface area (Å²) in [6.07, 6.45) is 2.75. The second-order valence-corrected chi connectivity index (χ2v) is 6.55. The summed E-state index contributed by atoms with van der Waals surface area (Å²) in [5, 5.41) is 13.9. The van der Waals surface area contributed by atoms with Crippen LogP contribution < -0.4 is 5.32 Å². The number of rotatable bonds is 8. The van der Waals surface area contributed by atoms with Gasteiger partial charge in [0.15, 0.2) is 0 Å². The lowest BCUT2D eigenvalue weighted by atomic mass is 9.74. The largest absolute Gasteiger partial charge is 0.393 e. The topological polar surface area (TPSA) is 32.3 Å². The van der Waals surface area contributed by atoms with Crippen LogP contribution in [0.3, 0.4) is 0 Å². The first-order valence-corrected chi connectivity index (χ1v) is 7.12. The van der Waals surface area contributed by atoms with Crippen LogP contribution in [0.25, 0.3) is 0 Å². The van der Waals surface area contributed by atoms with Gasteiger partial charge in [0.2, 0.25) is 0 Å².